The first-order valence-electron chi connectivity index (χ1n) is 8.11. The molecule has 1 aromatic rings. The predicted molar refractivity (Wildman–Crippen MR) is 89.0 cm³/mol. The number of carbonyl (C=O) groups excluding carboxylic acids is 2. The Hall–Kier alpha value is -2.12. The second-order valence-electron chi connectivity index (χ2n) is 5.78. The Balaban J connectivity index is 1.90. The molecule has 132 valence electrons. The van der Waals surface area contributed by atoms with Gasteiger partial charge in [-0.15, -0.1) is 0 Å². The van der Waals surface area contributed by atoms with Crippen molar-refractivity contribution < 1.29 is 19.2 Å². The van der Waals surface area contributed by atoms with Gasteiger partial charge in [0.05, 0.1) is 7.11 Å². The van der Waals surface area contributed by atoms with Crippen LogP contribution in [0.1, 0.15) is 18.4 Å². The maximum Gasteiger partial charge on any atom is 0.408 e. The average Bonchev–Trinajstić information content (AvgIpc) is 3.12. The topological polar surface area (TPSA) is 71.1 Å². The summed E-state index contributed by atoms with van der Waals surface area (Å²) in [6.07, 6.45) is 1.61. The zero-order chi connectivity index (χ0) is 17.4. The van der Waals surface area contributed by atoms with E-state index in [0.717, 1.165) is 36.6 Å². The number of likely N-dealkylation sites (tertiary alicyclic amines) is 1. The van der Waals surface area contributed by atoms with Gasteiger partial charge in [-0.2, -0.15) is 0 Å². The molecule has 7 nitrogen and oxygen atoms in total. The molecule has 1 aliphatic heterocycles. The molecule has 0 unspecified atom stereocenters. The van der Waals surface area contributed by atoms with E-state index in [1.54, 1.807) is 0 Å². The van der Waals surface area contributed by atoms with Crippen LogP contribution in [0.15, 0.2) is 30.3 Å². The van der Waals surface area contributed by atoms with E-state index < -0.39 is 12.1 Å². The van der Waals surface area contributed by atoms with E-state index in [-0.39, 0.29) is 12.5 Å². The lowest BCUT2D eigenvalue weighted by Crippen LogP contribution is -2.52. The number of nitrogens with one attached hydrogen (secondary N) is 1. The Kier molecular flexibility index (Phi) is 7.02. The molecule has 0 aliphatic carbocycles. The maximum atomic E-state index is 12.4. The van der Waals surface area contributed by atoms with Crippen LogP contribution in [0, 0.1) is 0 Å². The number of likely N-dealkylation sites (N-methyl/N-ethyl adjacent to an activating group) is 1. The highest BCUT2D eigenvalue weighted by molar-refractivity contribution is 5.85. The Morgan fingerprint density at radius 3 is 2.54 bits per heavy atom. The first-order chi connectivity index (χ1) is 11.6. The molecule has 1 aliphatic rings. The van der Waals surface area contributed by atoms with Crippen molar-refractivity contribution in [2.24, 2.45) is 0 Å². The van der Waals surface area contributed by atoms with Crippen LogP contribution in [0.2, 0.25) is 0 Å². The van der Waals surface area contributed by atoms with Gasteiger partial charge in [-0.1, -0.05) is 30.3 Å². The molecular formula is C17H25N3O4. The largest absolute Gasteiger partial charge is 0.445 e. The monoisotopic (exact) mass is 335 g/mol. The van der Waals surface area contributed by atoms with Crippen molar-refractivity contribution in [2.45, 2.75) is 25.5 Å². The van der Waals surface area contributed by atoms with E-state index in [0.29, 0.717) is 6.54 Å². The van der Waals surface area contributed by atoms with Crippen molar-refractivity contribution in [3.63, 3.8) is 0 Å². The van der Waals surface area contributed by atoms with Crippen LogP contribution in [0.25, 0.3) is 0 Å². The summed E-state index contributed by atoms with van der Waals surface area (Å²) < 4.78 is 5.21. The molecule has 0 radical (unpaired) electrons. The van der Waals surface area contributed by atoms with Gasteiger partial charge in [0.2, 0.25) is 0 Å². The van der Waals surface area contributed by atoms with Crippen LogP contribution in [-0.2, 0) is 21.0 Å². The molecule has 1 aromatic carbocycles. The number of amides is 2. The Morgan fingerprint density at radius 1 is 1.25 bits per heavy atom. The minimum Gasteiger partial charge on any atom is -0.445 e. The number of ether oxygens (including phenoxy) is 1. The first kappa shape index (κ1) is 18.2. The number of hydrogen-bond acceptors (Lipinski definition) is 5. The zero-order valence-corrected chi connectivity index (χ0v) is 14.2. The van der Waals surface area contributed by atoms with Crippen LogP contribution in [0.3, 0.4) is 0 Å². The van der Waals surface area contributed by atoms with Crippen LogP contribution in [0.5, 0.6) is 0 Å². The van der Waals surface area contributed by atoms with Gasteiger partial charge < -0.3 is 15.0 Å². The molecule has 0 bridgehead atoms. The van der Waals surface area contributed by atoms with E-state index in [1.165, 1.54) is 14.2 Å². The van der Waals surface area contributed by atoms with Crippen molar-refractivity contribution in [2.75, 3.05) is 33.8 Å². The first-order valence-corrected chi connectivity index (χ1v) is 8.11. The molecular weight excluding hydrogens is 310 g/mol. The van der Waals surface area contributed by atoms with E-state index >= 15 is 0 Å². The minimum absolute atomic E-state index is 0.164. The van der Waals surface area contributed by atoms with Gasteiger partial charge in [0.15, 0.2) is 0 Å². The Bertz CT molecular complexity index is 532. The summed E-state index contributed by atoms with van der Waals surface area (Å²) in [5, 5.41) is 3.78. The lowest BCUT2D eigenvalue weighted by molar-refractivity contribution is -0.171. The SMILES string of the molecule is CON(C)C(=O)[C@@H](CN1CCCC1)NC(=O)OCc1ccccc1. The highest BCUT2D eigenvalue weighted by Crippen LogP contribution is 2.09. The van der Waals surface area contributed by atoms with Crippen molar-refractivity contribution in [3.8, 4) is 0 Å². The fourth-order valence-corrected chi connectivity index (χ4v) is 2.63. The molecule has 7 heteroatoms. The summed E-state index contributed by atoms with van der Waals surface area (Å²) in [7, 11) is 2.94. The second-order valence-corrected chi connectivity index (χ2v) is 5.78. The quantitative estimate of drug-likeness (QED) is 0.763. The normalized spacial score (nSPS) is 15.8. The number of hydroxylamine groups is 2. The van der Waals surface area contributed by atoms with Crippen LogP contribution < -0.4 is 5.32 Å². The molecule has 2 amide bonds. The predicted octanol–water partition coefficient (Wildman–Crippen LogP) is 1.40. The number of hydrogen-bond donors (Lipinski definition) is 1. The van der Waals surface area contributed by atoms with Crippen molar-refractivity contribution in [1.29, 1.82) is 0 Å². The fraction of sp³-hybridized carbons (Fsp3) is 0.529. The van der Waals surface area contributed by atoms with Gasteiger partial charge in [0.1, 0.15) is 12.6 Å². The van der Waals surface area contributed by atoms with Gasteiger partial charge in [0.25, 0.3) is 5.91 Å². The Labute approximate surface area is 142 Å². The summed E-state index contributed by atoms with van der Waals surface area (Å²) in [6.45, 7) is 2.48. The highest BCUT2D eigenvalue weighted by Gasteiger charge is 2.28. The molecule has 1 fully saturated rings. The van der Waals surface area contributed by atoms with Gasteiger partial charge in [0, 0.05) is 13.6 Å². The van der Waals surface area contributed by atoms with Gasteiger partial charge in [-0.05, 0) is 31.5 Å². The van der Waals surface area contributed by atoms with Gasteiger partial charge in [-0.3, -0.25) is 9.63 Å². The van der Waals surface area contributed by atoms with E-state index in [1.807, 2.05) is 30.3 Å². The van der Waals surface area contributed by atoms with Crippen LogP contribution >= 0.6 is 0 Å². The number of carbonyl (C=O) groups is 2. The number of alkyl carbamates (subject to hydrolysis) is 1. The summed E-state index contributed by atoms with van der Waals surface area (Å²) in [6, 6.07) is 8.71. The van der Waals surface area contributed by atoms with Crippen LogP contribution in [0.4, 0.5) is 4.79 Å². The van der Waals surface area contributed by atoms with Crippen molar-refractivity contribution >= 4 is 12.0 Å². The van der Waals surface area contributed by atoms with Gasteiger partial charge >= 0.3 is 6.09 Å². The molecule has 2 rings (SSSR count). The third kappa shape index (κ3) is 5.50. The molecule has 1 N–H and O–H groups in total. The fourth-order valence-electron chi connectivity index (χ4n) is 2.63. The zero-order valence-electron chi connectivity index (χ0n) is 14.2. The summed E-state index contributed by atoms with van der Waals surface area (Å²) >= 11 is 0. The lowest BCUT2D eigenvalue weighted by atomic mass is 10.2. The Morgan fingerprint density at radius 2 is 1.92 bits per heavy atom. The number of nitrogens with zero attached hydrogens (tertiary/aromatic N) is 2. The van der Waals surface area contributed by atoms with E-state index in [2.05, 4.69) is 10.2 Å². The van der Waals surface area contributed by atoms with Crippen LogP contribution in [-0.4, -0.2) is 61.8 Å². The molecule has 1 atom stereocenters. The second kappa shape index (κ2) is 9.24. The van der Waals surface area contributed by atoms with Crippen molar-refractivity contribution in [3.05, 3.63) is 35.9 Å². The summed E-state index contributed by atoms with van der Waals surface area (Å²) in [5.41, 5.74) is 0.893. The molecule has 24 heavy (non-hydrogen) atoms. The minimum atomic E-state index is -0.698. The lowest BCUT2D eigenvalue weighted by Gasteiger charge is -2.26. The number of benzene rings is 1. The third-order valence-electron chi connectivity index (χ3n) is 4.03. The number of rotatable bonds is 7. The smallest absolute Gasteiger partial charge is 0.408 e. The van der Waals surface area contributed by atoms with E-state index in [9.17, 15) is 9.59 Å². The molecule has 0 spiro atoms. The molecule has 1 saturated heterocycles. The van der Waals surface area contributed by atoms with E-state index in [4.69, 9.17) is 9.57 Å². The standard InChI is InChI=1S/C17H25N3O4/c1-19(23-2)16(21)15(12-20-10-6-7-11-20)18-17(22)24-13-14-8-4-3-5-9-14/h3-5,8-9,15H,6-7,10-13H2,1-2H3,(H,18,22)/t15-/m1/s1. The summed E-state index contributed by atoms with van der Waals surface area (Å²) in [5.74, 6) is -0.305. The molecule has 0 saturated carbocycles. The van der Waals surface area contributed by atoms with Crippen molar-refractivity contribution in [1.82, 2.24) is 15.3 Å². The summed E-state index contributed by atoms with van der Waals surface area (Å²) in [4.78, 5) is 31.5. The average molecular weight is 335 g/mol. The molecule has 0 aromatic heterocycles. The highest BCUT2D eigenvalue weighted by atomic mass is 16.7. The molecule has 1 heterocycles. The third-order valence-corrected chi connectivity index (χ3v) is 4.03. The van der Waals surface area contributed by atoms with Gasteiger partial charge in [-0.25, -0.2) is 9.86 Å². The maximum absolute atomic E-state index is 12.4.